The van der Waals surface area contributed by atoms with Crippen LogP contribution in [0.2, 0.25) is 0 Å². The van der Waals surface area contributed by atoms with Crippen LogP contribution in [-0.4, -0.2) is 18.5 Å². The van der Waals surface area contributed by atoms with Crippen molar-refractivity contribution in [3.63, 3.8) is 0 Å². The number of thioether (sulfide) groups is 1. The third-order valence-corrected chi connectivity index (χ3v) is 3.21. The van der Waals surface area contributed by atoms with Crippen LogP contribution in [0.4, 0.5) is 0 Å². The molecule has 0 saturated heterocycles. The van der Waals surface area contributed by atoms with E-state index in [4.69, 9.17) is 5.26 Å². The van der Waals surface area contributed by atoms with Gasteiger partial charge in [0.25, 0.3) is 0 Å². The molecule has 0 aromatic carbocycles. The molecule has 17 heavy (non-hydrogen) atoms. The van der Waals surface area contributed by atoms with Crippen LogP contribution < -0.4 is 0 Å². The number of allylic oxidation sites excluding steroid dienone is 7. The van der Waals surface area contributed by atoms with Crippen LogP contribution in [0.1, 0.15) is 20.3 Å². The van der Waals surface area contributed by atoms with Crippen molar-refractivity contribution in [2.45, 2.75) is 20.3 Å². The second-order valence-electron chi connectivity index (χ2n) is 3.07. The summed E-state index contributed by atoms with van der Waals surface area (Å²) >= 11 is 1.86. The zero-order valence-corrected chi connectivity index (χ0v) is 15.1. The smallest absolute Gasteiger partial charge is 0.307 e. The second kappa shape index (κ2) is 10.3. The van der Waals surface area contributed by atoms with Crippen molar-refractivity contribution in [2.75, 3.05) is 5.75 Å². The van der Waals surface area contributed by atoms with Crippen molar-refractivity contribution in [3.05, 3.63) is 46.3 Å². The van der Waals surface area contributed by atoms with Crippen LogP contribution in [-0.2, 0) is 4.81 Å². The maximum absolute atomic E-state index is 8.34. The Morgan fingerprint density at radius 2 is 2.06 bits per heavy atom. The summed E-state index contributed by atoms with van der Waals surface area (Å²) in [5, 5.41) is 8.34. The summed E-state index contributed by atoms with van der Waals surface area (Å²) in [5.41, 5.74) is 2.10. The van der Waals surface area contributed by atoms with Crippen molar-refractivity contribution in [1.29, 1.82) is 0 Å². The molecule has 0 bridgehead atoms. The van der Waals surface area contributed by atoms with Crippen molar-refractivity contribution in [1.82, 2.24) is 0 Å². The van der Waals surface area contributed by atoms with Crippen LogP contribution in [0.25, 0.3) is 0 Å². The summed E-state index contributed by atoms with van der Waals surface area (Å²) in [7, 11) is 1.33. The van der Waals surface area contributed by atoms with Gasteiger partial charge in [-0.05, 0) is 22.4 Å². The molecule has 0 amide bonds. The topological polar surface area (TPSA) is 29.5 Å². The molecule has 0 atom stereocenters. The minimum atomic E-state index is 0. The second-order valence-corrected chi connectivity index (χ2v) is 4.18. The maximum Gasteiger partial charge on any atom is 0.381 e. The predicted octanol–water partition coefficient (Wildman–Crippen LogP) is 3.52. The molecule has 1 aliphatic heterocycles. The summed E-state index contributed by atoms with van der Waals surface area (Å²) in [6, 6.07) is 0. The van der Waals surface area contributed by atoms with Gasteiger partial charge < -0.3 is 4.81 Å². The van der Waals surface area contributed by atoms with E-state index in [0.717, 1.165) is 17.6 Å². The Labute approximate surface area is 132 Å². The Morgan fingerprint density at radius 1 is 1.29 bits per heavy atom. The molecule has 0 fully saturated rings. The van der Waals surface area contributed by atoms with Crippen molar-refractivity contribution in [3.8, 4) is 0 Å². The quantitative estimate of drug-likeness (QED) is 0.379. The van der Waals surface area contributed by atoms with Crippen LogP contribution >= 0.6 is 11.8 Å². The fourth-order valence-electron chi connectivity index (χ4n) is 1.47. The molecule has 89 valence electrons. The van der Waals surface area contributed by atoms with Gasteiger partial charge in [-0.2, -0.15) is 0 Å². The summed E-state index contributed by atoms with van der Waals surface area (Å²) in [6.45, 7) is 4.00. The standard InChI is InChI=1S/C10H10BO2S.C2H6.U/c12-13-11-9-4-1-5-10-8(7-9)3-2-6-14-10;1-2;/h1-4,7,12H,5-6H2;1-2H3;. The van der Waals surface area contributed by atoms with Crippen molar-refractivity contribution in [2.24, 2.45) is 0 Å². The average molecular weight is 473 g/mol. The van der Waals surface area contributed by atoms with Gasteiger partial charge in [0, 0.05) is 36.9 Å². The van der Waals surface area contributed by atoms with Crippen molar-refractivity contribution >= 4 is 19.2 Å². The van der Waals surface area contributed by atoms with E-state index in [1.807, 2.05) is 37.8 Å². The summed E-state index contributed by atoms with van der Waals surface area (Å²) < 4.78 is 0. The summed E-state index contributed by atoms with van der Waals surface area (Å²) in [4.78, 5) is 5.40. The Kier molecular flexibility index (Phi) is 10.5. The molecule has 1 radical (unpaired) electrons. The van der Waals surface area contributed by atoms with E-state index in [-0.39, 0.29) is 31.1 Å². The molecule has 1 heterocycles. The largest absolute Gasteiger partial charge is 0.381 e. The van der Waals surface area contributed by atoms with E-state index < -0.39 is 0 Å². The Bertz CT molecular complexity index is 348. The molecule has 1 N–H and O–H groups in total. The molecule has 0 unspecified atom stereocenters. The van der Waals surface area contributed by atoms with Crippen LogP contribution in [0, 0.1) is 31.1 Å². The van der Waals surface area contributed by atoms with Gasteiger partial charge in [-0.25, -0.2) is 0 Å². The molecule has 0 spiro atoms. The van der Waals surface area contributed by atoms with E-state index >= 15 is 0 Å². The van der Waals surface area contributed by atoms with Crippen LogP contribution in [0.3, 0.4) is 0 Å². The van der Waals surface area contributed by atoms with E-state index in [1.165, 1.54) is 18.0 Å². The van der Waals surface area contributed by atoms with Crippen LogP contribution in [0.15, 0.2) is 46.3 Å². The Morgan fingerprint density at radius 3 is 2.76 bits per heavy atom. The molecule has 2 nitrogen and oxygen atoms in total. The van der Waals surface area contributed by atoms with E-state index in [0.29, 0.717) is 0 Å². The van der Waals surface area contributed by atoms with Crippen LogP contribution in [0.5, 0.6) is 0 Å². The summed E-state index contributed by atoms with van der Waals surface area (Å²) in [6.07, 6.45) is 11.3. The fraction of sp³-hybridized carbons (Fsp3) is 0.333. The van der Waals surface area contributed by atoms with E-state index in [9.17, 15) is 0 Å². The molecule has 0 aromatic heterocycles. The average Bonchev–Trinajstić information content (AvgIpc) is 2.54. The van der Waals surface area contributed by atoms with Gasteiger partial charge in [0.1, 0.15) is 0 Å². The first kappa shape index (κ1) is 17.3. The monoisotopic (exact) mass is 473 g/mol. The molecule has 0 saturated carbocycles. The molecule has 1 aliphatic carbocycles. The molecule has 2 rings (SSSR count). The van der Waals surface area contributed by atoms with Gasteiger partial charge in [-0.15, -0.1) is 11.8 Å². The summed E-state index contributed by atoms with van der Waals surface area (Å²) in [5.74, 6) is 1.05. The van der Waals surface area contributed by atoms with Gasteiger partial charge in [0.2, 0.25) is 0 Å². The number of rotatable bonds is 2. The first-order chi connectivity index (χ1) is 7.90. The zero-order chi connectivity index (χ0) is 11.8. The van der Waals surface area contributed by atoms with Gasteiger partial charge >= 0.3 is 7.48 Å². The minimum Gasteiger partial charge on any atom is -0.307 e. The van der Waals surface area contributed by atoms with E-state index in [2.05, 4.69) is 23.0 Å². The number of hydrogen-bond donors (Lipinski definition) is 1. The molecular weight excluding hydrogens is 457 g/mol. The fourth-order valence-corrected chi connectivity index (χ4v) is 2.37. The normalized spacial score (nSPS) is 17.0. The van der Waals surface area contributed by atoms with Gasteiger partial charge in [0.15, 0.2) is 0 Å². The zero-order valence-electron chi connectivity index (χ0n) is 10.1. The van der Waals surface area contributed by atoms with E-state index in [1.54, 1.807) is 0 Å². The van der Waals surface area contributed by atoms with Gasteiger partial charge in [-0.1, -0.05) is 44.2 Å². The first-order valence-electron chi connectivity index (χ1n) is 5.44. The minimum absolute atomic E-state index is 0. The Balaban J connectivity index is 0.000000811. The third kappa shape index (κ3) is 5.68. The third-order valence-electron chi connectivity index (χ3n) is 2.10. The van der Waals surface area contributed by atoms with Gasteiger partial charge in [0.05, 0.1) is 0 Å². The molecular formula is C12H16BO2SU. The molecule has 5 heteroatoms. The Hall–Kier alpha value is 0.347. The molecule has 2 aliphatic rings. The first-order valence-corrected chi connectivity index (χ1v) is 6.43. The van der Waals surface area contributed by atoms with Gasteiger partial charge in [-0.3, -0.25) is 5.26 Å². The predicted molar refractivity (Wildman–Crippen MR) is 71.3 cm³/mol. The molecule has 0 aromatic rings. The van der Waals surface area contributed by atoms with Crippen molar-refractivity contribution < 1.29 is 41.2 Å². The number of hydrogen-bond acceptors (Lipinski definition) is 3. The SMILES string of the molecule is CC.OO[B]C1=CC2=C(CC=C1)SCC=C2.[U]. The maximum atomic E-state index is 8.34.